The van der Waals surface area contributed by atoms with Crippen LogP contribution in [0.25, 0.3) is 0 Å². The van der Waals surface area contributed by atoms with Gasteiger partial charge in [0.15, 0.2) is 0 Å². The van der Waals surface area contributed by atoms with Gasteiger partial charge in [-0.05, 0) is 48.7 Å². The summed E-state index contributed by atoms with van der Waals surface area (Å²) in [6, 6.07) is 14.2. The smallest absolute Gasteiger partial charge is 0.122 e. The highest BCUT2D eigenvalue weighted by Crippen LogP contribution is 2.22. The second-order valence-corrected chi connectivity index (χ2v) is 5.26. The molecule has 0 saturated heterocycles. The monoisotopic (exact) mass is 285 g/mol. The normalized spacial score (nSPS) is 12.0. The van der Waals surface area contributed by atoms with Gasteiger partial charge in [-0.15, -0.1) is 0 Å². The summed E-state index contributed by atoms with van der Waals surface area (Å²) in [5, 5.41) is 0. The maximum Gasteiger partial charge on any atom is 0.122 e. The lowest BCUT2D eigenvalue weighted by Crippen LogP contribution is -2.06. The first kappa shape index (κ1) is 15.4. The molecule has 0 unspecified atom stereocenters. The number of rotatable bonds is 6. The molecule has 0 radical (unpaired) electrons. The number of benzene rings is 2. The van der Waals surface area contributed by atoms with E-state index in [1.165, 1.54) is 5.56 Å². The van der Waals surface area contributed by atoms with Gasteiger partial charge >= 0.3 is 0 Å². The van der Waals surface area contributed by atoms with Crippen LogP contribution < -0.4 is 15.2 Å². The quantitative estimate of drug-likeness (QED) is 0.881. The highest BCUT2D eigenvalue weighted by molar-refractivity contribution is 5.37. The minimum atomic E-state index is 0.0528. The van der Waals surface area contributed by atoms with Gasteiger partial charge in [-0.3, -0.25) is 0 Å². The Morgan fingerprint density at radius 1 is 1.10 bits per heavy atom. The molecule has 0 bridgehead atoms. The molecule has 0 aromatic heterocycles. The Morgan fingerprint density at radius 3 is 2.38 bits per heavy atom. The van der Waals surface area contributed by atoms with Crippen molar-refractivity contribution in [2.24, 2.45) is 5.73 Å². The zero-order valence-electron chi connectivity index (χ0n) is 12.9. The molecule has 2 rings (SSSR count). The van der Waals surface area contributed by atoms with Crippen molar-refractivity contribution in [2.45, 2.75) is 26.3 Å². The molecule has 0 amide bonds. The highest BCUT2D eigenvalue weighted by atomic mass is 16.5. The average molecular weight is 285 g/mol. The second kappa shape index (κ2) is 7.14. The van der Waals surface area contributed by atoms with Crippen molar-refractivity contribution in [3.05, 3.63) is 59.2 Å². The van der Waals surface area contributed by atoms with Gasteiger partial charge in [0.05, 0.1) is 13.7 Å². The minimum absolute atomic E-state index is 0.0528. The van der Waals surface area contributed by atoms with Crippen LogP contribution in [0.15, 0.2) is 42.5 Å². The van der Waals surface area contributed by atoms with Crippen molar-refractivity contribution in [3.63, 3.8) is 0 Å². The Labute approximate surface area is 126 Å². The highest BCUT2D eigenvalue weighted by Gasteiger charge is 2.04. The molecule has 112 valence electrons. The van der Waals surface area contributed by atoms with Crippen molar-refractivity contribution in [1.82, 2.24) is 0 Å². The van der Waals surface area contributed by atoms with Gasteiger partial charge in [-0.25, -0.2) is 0 Å². The van der Waals surface area contributed by atoms with Crippen LogP contribution in [-0.4, -0.2) is 13.7 Å². The van der Waals surface area contributed by atoms with E-state index in [1.54, 1.807) is 7.11 Å². The van der Waals surface area contributed by atoms with Crippen molar-refractivity contribution in [1.29, 1.82) is 0 Å². The lowest BCUT2D eigenvalue weighted by atomic mass is 10.1. The lowest BCUT2D eigenvalue weighted by Gasteiger charge is -2.12. The van der Waals surface area contributed by atoms with Gasteiger partial charge in [0, 0.05) is 12.5 Å². The molecule has 0 spiro atoms. The molecule has 0 fully saturated rings. The van der Waals surface area contributed by atoms with E-state index in [1.807, 2.05) is 31.2 Å². The molecule has 3 nitrogen and oxygen atoms in total. The number of ether oxygens (including phenoxy) is 2. The van der Waals surface area contributed by atoms with Gasteiger partial charge in [0.25, 0.3) is 0 Å². The predicted octanol–water partition coefficient (Wildman–Crippen LogP) is 3.64. The standard InChI is InChI=1S/C18H23NO2/c1-13-12-16(14(2)19)6-9-18(13)21-11-10-15-4-7-17(20-3)8-5-15/h4-9,12,14H,10-11,19H2,1-3H3/t14-/m0/s1. The van der Waals surface area contributed by atoms with Crippen LogP contribution in [-0.2, 0) is 6.42 Å². The number of hydrogen-bond donors (Lipinski definition) is 1. The van der Waals surface area contributed by atoms with Gasteiger partial charge in [-0.2, -0.15) is 0 Å². The van der Waals surface area contributed by atoms with E-state index in [2.05, 4.69) is 25.1 Å². The van der Waals surface area contributed by atoms with Crippen molar-refractivity contribution in [2.75, 3.05) is 13.7 Å². The first-order valence-electron chi connectivity index (χ1n) is 7.22. The van der Waals surface area contributed by atoms with E-state index in [4.69, 9.17) is 15.2 Å². The van der Waals surface area contributed by atoms with E-state index in [-0.39, 0.29) is 6.04 Å². The molecule has 0 aliphatic carbocycles. The molecule has 3 heteroatoms. The largest absolute Gasteiger partial charge is 0.497 e. The third-order valence-corrected chi connectivity index (χ3v) is 3.53. The fraction of sp³-hybridized carbons (Fsp3) is 0.333. The van der Waals surface area contributed by atoms with Crippen LogP contribution in [0.5, 0.6) is 11.5 Å². The van der Waals surface area contributed by atoms with Crippen LogP contribution in [0.3, 0.4) is 0 Å². The number of hydrogen-bond acceptors (Lipinski definition) is 3. The molecule has 2 aromatic rings. The third-order valence-electron chi connectivity index (χ3n) is 3.53. The zero-order valence-corrected chi connectivity index (χ0v) is 12.9. The predicted molar refractivity (Wildman–Crippen MR) is 86.0 cm³/mol. The maximum atomic E-state index is 5.88. The molecule has 0 saturated carbocycles. The molecule has 2 N–H and O–H groups in total. The third kappa shape index (κ3) is 4.23. The Bertz CT molecular complexity index is 576. The summed E-state index contributed by atoms with van der Waals surface area (Å²) < 4.78 is 11.0. The van der Waals surface area contributed by atoms with Crippen molar-refractivity contribution >= 4 is 0 Å². The van der Waals surface area contributed by atoms with Crippen LogP contribution in [0, 0.1) is 6.92 Å². The Hall–Kier alpha value is -2.00. The van der Waals surface area contributed by atoms with Crippen LogP contribution >= 0.6 is 0 Å². The molecule has 2 aromatic carbocycles. The van der Waals surface area contributed by atoms with Gasteiger partial charge in [-0.1, -0.05) is 24.3 Å². The zero-order chi connectivity index (χ0) is 15.2. The number of nitrogens with two attached hydrogens (primary N) is 1. The minimum Gasteiger partial charge on any atom is -0.497 e. The fourth-order valence-corrected chi connectivity index (χ4v) is 2.19. The van der Waals surface area contributed by atoms with E-state index in [0.29, 0.717) is 6.61 Å². The van der Waals surface area contributed by atoms with E-state index >= 15 is 0 Å². The first-order chi connectivity index (χ1) is 10.1. The molecule has 0 aliphatic heterocycles. The fourth-order valence-electron chi connectivity index (χ4n) is 2.19. The van der Waals surface area contributed by atoms with Crippen molar-refractivity contribution in [3.8, 4) is 11.5 Å². The Balaban J connectivity index is 1.90. The SMILES string of the molecule is COc1ccc(CCOc2ccc([C@H](C)N)cc2C)cc1. The van der Waals surface area contributed by atoms with E-state index < -0.39 is 0 Å². The summed E-state index contributed by atoms with van der Waals surface area (Å²) >= 11 is 0. The molecule has 1 atom stereocenters. The molecular weight excluding hydrogens is 262 g/mol. The summed E-state index contributed by atoms with van der Waals surface area (Å²) in [5.41, 5.74) is 9.38. The molecule has 0 heterocycles. The molecule has 0 aliphatic rings. The van der Waals surface area contributed by atoms with Crippen LogP contribution in [0.4, 0.5) is 0 Å². The Kier molecular flexibility index (Phi) is 5.23. The van der Waals surface area contributed by atoms with Gasteiger partial charge < -0.3 is 15.2 Å². The average Bonchev–Trinajstić information content (AvgIpc) is 2.49. The summed E-state index contributed by atoms with van der Waals surface area (Å²) in [5.74, 6) is 1.80. The topological polar surface area (TPSA) is 44.5 Å². The summed E-state index contributed by atoms with van der Waals surface area (Å²) in [7, 11) is 1.67. The lowest BCUT2D eigenvalue weighted by molar-refractivity contribution is 0.319. The van der Waals surface area contributed by atoms with Crippen LogP contribution in [0.2, 0.25) is 0 Å². The second-order valence-electron chi connectivity index (χ2n) is 5.26. The Morgan fingerprint density at radius 2 is 1.81 bits per heavy atom. The van der Waals surface area contributed by atoms with E-state index in [9.17, 15) is 0 Å². The summed E-state index contributed by atoms with van der Waals surface area (Å²) in [4.78, 5) is 0. The van der Waals surface area contributed by atoms with Gasteiger partial charge in [0.1, 0.15) is 11.5 Å². The van der Waals surface area contributed by atoms with Crippen LogP contribution in [0.1, 0.15) is 29.7 Å². The molecular formula is C18H23NO2. The summed E-state index contributed by atoms with van der Waals surface area (Å²) in [6.07, 6.45) is 0.873. The first-order valence-corrected chi connectivity index (χ1v) is 7.22. The van der Waals surface area contributed by atoms with E-state index in [0.717, 1.165) is 29.0 Å². The maximum absolute atomic E-state index is 5.88. The van der Waals surface area contributed by atoms with Gasteiger partial charge in [0.2, 0.25) is 0 Å². The number of methoxy groups -OCH3 is 1. The van der Waals surface area contributed by atoms with Crippen molar-refractivity contribution < 1.29 is 9.47 Å². The number of aryl methyl sites for hydroxylation is 1. The molecule has 21 heavy (non-hydrogen) atoms. The summed E-state index contributed by atoms with van der Waals surface area (Å²) in [6.45, 7) is 4.69.